The number of hydrogen-bond acceptors (Lipinski definition) is 5. The molecule has 0 saturated carbocycles. The molecule has 1 atom stereocenters. The second-order valence-corrected chi connectivity index (χ2v) is 5.62. The van der Waals surface area contributed by atoms with Gasteiger partial charge in [-0.2, -0.15) is 4.98 Å². The van der Waals surface area contributed by atoms with Gasteiger partial charge in [0.2, 0.25) is 0 Å². The second-order valence-electron chi connectivity index (χ2n) is 5.62. The maximum atomic E-state index is 5.71. The van der Waals surface area contributed by atoms with E-state index in [2.05, 4.69) is 41.4 Å². The third-order valence-corrected chi connectivity index (χ3v) is 3.86. The van der Waals surface area contributed by atoms with Gasteiger partial charge in [-0.05, 0) is 43.9 Å². The van der Waals surface area contributed by atoms with Crippen LogP contribution in [-0.4, -0.2) is 37.6 Å². The first kappa shape index (κ1) is 15.4. The average Bonchev–Trinajstić information content (AvgIpc) is 2.98. The molecule has 5 nitrogen and oxygen atoms in total. The summed E-state index contributed by atoms with van der Waals surface area (Å²) in [6, 6.07) is 16.6. The molecule has 0 bridgehead atoms. The number of ether oxygens (including phenoxy) is 1. The molecule has 0 aliphatic carbocycles. The average molecular weight is 311 g/mol. The van der Waals surface area contributed by atoms with Crippen LogP contribution in [-0.2, 0) is 0 Å². The lowest BCUT2D eigenvalue weighted by atomic mass is 10.1. The Hall–Kier alpha value is -2.53. The molecule has 23 heavy (non-hydrogen) atoms. The van der Waals surface area contributed by atoms with E-state index in [1.165, 1.54) is 5.56 Å². The predicted octanol–water partition coefficient (Wildman–Crippen LogP) is 3.55. The number of oxazole rings is 1. The second kappa shape index (κ2) is 6.71. The minimum Gasteiger partial charge on any atom is -0.497 e. The van der Waals surface area contributed by atoms with Gasteiger partial charge in [0.15, 0.2) is 5.58 Å². The van der Waals surface area contributed by atoms with E-state index < -0.39 is 0 Å². The molecule has 2 aromatic carbocycles. The number of benzene rings is 2. The summed E-state index contributed by atoms with van der Waals surface area (Å²) in [5.74, 6) is 0.859. The Bertz CT molecular complexity index is 732. The number of methoxy groups -OCH3 is 1. The van der Waals surface area contributed by atoms with E-state index in [9.17, 15) is 0 Å². The van der Waals surface area contributed by atoms with Crippen LogP contribution in [0.25, 0.3) is 11.1 Å². The van der Waals surface area contributed by atoms with Crippen molar-refractivity contribution in [3.05, 3.63) is 54.1 Å². The van der Waals surface area contributed by atoms with E-state index >= 15 is 0 Å². The molecule has 0 aliphatic heterocycles. The van der Waals surface area contributed by atoms with Crippen LogP contribution in [0.5, 0.6) is 5.75 Å². The molecule has 1 heterocycles. The van der Waals surface area contributed by atoms with Crippen molar-refractivity contribution in [3.8, 4) is 5.75 Å². The van der Waals surface area contributed by atoms with Gasteiger partial charge in [0, 0.05) is 6.54 Å². The van der Waals surface area contributed by atoms with Crippen molar-refractivity contribution in [1.29, 1.82) is 0 Å². The van der Waals surface area contributed by atoms with Crippen molar-refractivity contribution in [1.82, 2.24) is 9.88 Å². The van der Waals surface area contributed by atoms with Crippen LogP contribution in [0, 0.1) is 0 Å². The number of aromatic nitrogens is 1. The van der Waals surface area contributed by atoms with Crippen LogP contribution in [0.2, 0.25) is 0 Å². The van der Waals surface area contributed by atoms with E-state index in [1.807, 2.05) is 36.4 Å². The number of hydrogen-bond donors (Lipinski definition) is 1. The summed E-state index contributed by atoms with van der Waals surface area (Å²) in [5.41, 5.74) is 2.86. The van der Waals surface area contributed by atoms with E-state index in [0.29, 0.717) is 12.6 Å². The third kappa shape index (κ3) is 3.46. The zero-order chi connectivity index (χ0) is 16.2. The van der Waals surface area contributed by atoms with Crippen molar-refractivity contribution in [2.24, 2.45) is 0 Å². The molecular formula is C18H21N3O2. The lowest BCUT2D eigenvalue weighted by Gasteiger charge is -2.24. The third-order valence-electron chi connectivity index (χ3n) is 3.86. The lowest BCUT2D eigenvalue weighted by Crippen LogP contribution is -2.26. The minimum absolute atomic E-state index is 0.205. The van der Waals surface area contributed by atoms with Crippen molar-refractivity contribution in [3.63, 3.8) is 0 Å². The van der Waals surface area contributed by atoms with Crippen molar-refractivity contribution >= 4 is 17.1 Å². The first-order chi connectivity index (χ1) is 11.2. The molecule has 120 valence electrons. The van der Waals surface area contributed by atoms with Gasteiger partial charge in [-0.3, -0.25) is 0 Å². The molecule has 0 amide bonds. The lowest BCUT2D eigenvalue weighted by molar-refractivity contribution is 0.310. The zero-order valence-corrected chi connectivity index (χ0v) is 13.6. The number of nitrogens with one attached hydrogen (secondary N) is 1. The smallest absolute Gasteiger partial charge is 0.295 e. The van der Waals surface area contributed by atoms with Gasteiger partial charge in [0.1, 0.15) is 11.3 Å². The SMILES string of the molecule is COc1ccc(C(CNc2nc3ccccc3o2)N(C)C)cc1. The summed E-state index contributed by atoms with van der Waals surface area (Å²) in [4.78, 5) is 6.61. The van der Waals surface area contributed by atoms with Crippen LogP contribution in [0.3, 0.4) is 0 Å². The highest BCUT2D eigenvalue weighted by Crippen LogP contribution is 2.23. The molecule has 0 radical (unpaired) electrons. The van der Waals surface area contributed by atoms with Gasteiger partial charge in [0.25, 0.3) is 6.01 Å². The fourth-order valence-electron chi connectivity index (χ4n) is 2.56. The maximum absolute atomic E-state index is 5.71. The molecule has 5 heteroatoms. The Morgan fingerprint density at radius 2 is 1.87 bits per heavy atom. The number of anilines is 1. The van der Waals surface area contributed by atoms with Crippen molar-refractivity contribution in [2.45, 2.75) is 6.04 Å². The molecular weight excluding hydrogens is 290 g/mol. The number of nitrogens with zero attached hydrogens (tertiary/aromatic N) is 2. The summed E-state index contributed by atoms with van der Waals surface area (Å²) in [7, 11) is 5.79. The van der Waals surface area contributed by atoms with Gasteiger partial charge in [-0.25, -0.2) is 0 Å². The normalized spacial score (nSPS) is 12.5. The Morgan fingerprint density at radius 3 is 2.52 bits per heavy atom. The quantitative estimate of drug-likeness (QED) is 0.754. The van der Waals surface area contributed by atoms with E-state index in [-0.39, 0.29) is 6.04 Å². The molecule has 0 fully saturated rings. The molecule has 3 aromatic rings. The molecule has 0 spiro atoms. The topological polar surface area (TPSA) is 50.5 Å². The number of likely N-dealkylation sites (N-methyl/N-ethyl adjacent to an activating group) is 1. The Kier molecular flexibility index (Phi) is 4.48. The molecule has 1 N–H and O–H groups in total. The summed E-state index contributed by atoms with van der Waals surface area (Å²) < 4.78 is 10.9. The van der Waals surface area contributed by atoms with Gasteiger partial charge in [0.05, 0.1) is 13.2 Å². The Balaban J connectivity index is 1.74. The highest BCUT2D eigenvalue weighted by atomic mass is 16.5. The Morgan fingerprint density at radius 1 is 1.13 bits per heavy atom. The fraction of sp³-hybridized carbons (Fsp3) is 0.278. The molecule has 3 rings (SSSR count). The highest BCUT2D eigenvalue weighted by molar-refractivity contribution is 5.74. The maximum Gasteiger partial charge on any atom is 0.295 e. The summed E-state index contributed by atoms with van der Waals surface area (Å²) in [6.45, 7) is 0.701. The first-order valence-corrected chi connectivity index (χ1v) is 7.57. The van der Waals surface area contributed by atoms with Crippen LogP contribution < -0.4 is 10.1 Å². The monoisotopic (exact) mass is 311 g/mol. The van der Waals surface area contributed by atoms with E-state index in [1.54, 1.807) is 7.11 Å². The van der Waals surface area contributed by atoms with Gasteiger partial charge >= 0.3 is 0 Å². The van der Waals surface area contributed by atoms with E-state index in [0.717, 1.165) is 16.8 Å². The number of rotatable bonds is 6. The van der Waals surface area contributed by atoms with Crippen LogP contribution in [0.4, 0.5) is 6.01 Å². The summed E-state index contributed by atoms with van der Waals surface area (Å²) in [6.07, 6.45) is 0. The molecule has 1 unspecified atom stereocenters. The standard InChI is InChI=1S/C18H21N3O2/c1-21(2)16(13-8-10-14(22-3)11-9-13)12-19-18-20-15-6-4-5-7-17(15)23-18/h4-11,16H,12H2,1-3H3,(H,19,20). The largest absolute Gasteiger partial charge is 0.497 e. The van der Waals surface area contributed by atoms with Crippen molar-refractivity contribution in [2.75, 3.05) is 33.1 Å². The highest BCUT2D eigenvalue weighted by Gasteiger charge is 2.15. The van der Waals surface area contributed by atoms with Crippen molar-refractivity contribution < 1.29 is 9.15 Å². The van der Waals surface area contributed by atoms with Crippen LogP contribution in [0.1, 0.15) is 11.6 Å². The Labute approximate surface area is 135 Å². The fourth-order valence-corrected chi connectivity index (χ4v) is 2.56. The predicted molar refractivity (Wildman–Crippen MR) is 91.9 cm³/mol. The first-order valence-electron chi connectivity index (χ1n) is 7.57. The van der Waals surface area contributed by atoms with Gasteiger partial charge in [-0.15, -0.1) is 0 Å². The summed E-state index contributed by atoms with van der Waals surface area (Å²) >= 11 is 0. The van der Waals surface area contributed by atoms with Gasteiger partial charge < -0.3 is 19.4 Å². The minimum atomic E-state index is 0.205. The zero-order valence-electron chi connectivity index (χ0n) is 13.6. The summed E-state index contributed by atoms with van der Waals surface area (Å²) in [5, 5.41) is 3.29. The number of para-hydroxylation sites is 2. The van der Waals surface area contributed by atoms with Gasteiger partial charge in [-0.1, -0.05) is 24.3 Å². The molecule has 0 aliphatic rings. The molecule has 1 aromatic heterocycles. The number of fused-ring (bicyclic) bond motifs is 1. The van der Waals surface area contributed by atoms with Crippen LogP contribution >= 0.6 is 0 Å². The van der Waals surface area contributed by atoms with Crippen LogP contribution in [0.15, 0.2) is 52.9 Å². The van der Waals surface area contributed by atoms with E-state index in [4.69, 9.17) is 9.15 Å². The molecule has 0 saturated heterocycles.